The van der Waals surface area contributed by atoms with Gasteiger partial charge in [-0.15, -0.1) is 0 Å². The number of nitrogens with zero attached hydrogens (tertiary/aromatic N) is 1. The highest BCUT2D eigenvalue weighted by Crippen LogP contribution is 2.27. The normalized spacial score (nSPS) is 30.1. The SMILES string of the molecule is CC(CN1CC2CCCNC2C1)c1ccccc1. The van der Waals surface area contributed by atoms with Gasteiger partial charge in [0, 0.05) is 25.7 Å². The number of rotatable bonds is 3. The number of nitrogens with one attached hydrogen (secondary N) is 1. The molecular weight excluding hydrogens is 220 g/mol. The van der Waals surface area contributed by atoms with E-state index in [2.05, 4.69) is 47.5 Å². The van der Waals surface area contributed by atoms with E-state index in [1.54, 1.807) is 0 Å². The van der Waals surface area contributed by atoms with Gasteiger partial charge in [0.15, 0.2) is 0 Å². The molecule has 2 heteroatoms. The number of likely N-dealkylation sites (tertiary alicyclic amines) is 1. The zero-order valence-corrected chi connectivity index (χ0v) is 11.3. The molecule has 2 nitrogen and oxygen atoms in total. The van der Waals surface area contributed by atoms with Crippen molar-refractivity contribution in [3.8, 4) is 0 Å². The molecule has 2 heterocycles. The van der Waals surface area contributed by atoms with Gasteiger partial charge in [-0.2, -0.15) is 0 Å². The largest absolute Gasteiger partial charge is 0.312 e. The van der Waals surface area contributed by atoms with Crippen LogP contribution in [0.1, 0.15) is 31.2 Å². The summed E-state index contributed by atoms with van der Waals surface area (Å²) in [5, 5.41) is 3.68. The molecule has 1 N–H and O–H groups in total. The van der Waals surface area contributed by atoms with Crippen molar-refractivity contribution >= 4 is 0 Å². The van der Waals surface area contributed by atoms with E-state index in [9.17, 15) is 0 Å². The first-order valence-electron chi connectivity index (χ1n) is 7.33. The maximum Gasteiger partial charge on any atom is 0.0235 e. The lowest BCUT2D eigenvalue weighted by Gasteiger charge is -2.24. The second-order valence-electron chi connectivity index (χ2n) is 5.99. The van der Waals surface area contributed by atoms with E-state index in [0.29, 0.717) is 5.92 Å². The van der Waals surface area contributed by atoms with Crippen LogP contribution in [-0.4, -0.2) is 37.1 Å². The van der Waals surface area contributed by atoms with Gasteiger partial charge >= 0.3 is 0 Å². The number of piperidine rings is 1. The van der Waals surface area contributed by atoms with Gasteiger partial charge in [0.25, 0.3) is 0 Å². The quantitative estimate of drug-likeness (QED) is 0.879. The Labute approximate surface area is 110 Å². The molecule has 18 heavy (non-hydrogen) atoms. The molecule has 2 aliphatic heterocycles. The van der Waals surface area contributed by atoms with Gasteiger partial charge in [-0.3, -0.25) is 0 Å². The lowest BCUT2D eigenvalue weighted by atomic mass is 9.94. The van der Waals surface area contributed by atoms with Gasteiger partial charge in [0.1, 0.15) is 0 Å². The Hall–Kier alpha value is -0.860. The molecule has 3 atom stereocenters. The highest BCUT2D eigenvalue weighted by Gasteiger charge is 2.34. The maximum atomic E-state index is 3.68. The molecule has 0 bridgehead atoms. The summed E-state index contributed by atoms with van der Waals surface area (Å²) in [7, 11) is 0. The zero-order valence-electron chi connectivity index (χ0n) is 11.3. The molecule has 0 saturated carbocycles. The Morgan fingerprint density at radius 2 is 2.11 bits per heavy atom. The maximum absolute atomic E-state index is 3.68. The standard InChI is InChI=1S/C16H24N2/c1-13(14-6-3-2-4-7-14)10-18-11-15-8-5-9-17-16(15)12-18/h2-4,6-7,13,15-17H,5,8-12H2,1H3. The van der Waals surface area contributed by atoms with Gasteiger partial charge in [-0.25, -0.2) is 0 Å². The summed E-state index contributed by atoms with van der Waals surface area (Å²) in [5.74, 6) is 1.55. The Morgan fingerprint density at radius 3 is 2.89 bits per heavy atom. The van der Waals surface area contributed by atoms with Crippen LogP contribution in [0.4, 0.5) is 0 Å². The van der Waals surface area contributed by atoms with Crippen LogP contribution in [-0.2, 0) is 0 Å². The first-order chi connectivity index (χ1) is 8.83. The molecule has 2 fully saturated rings. The van der Waals surface area contributed by atoms with Crippen molar-refractivity contribution in [2.45, 2.75) is 31.7 Å². The van der Waals surface area contributed by atoms with Crippen LogP contribution in [0.3, 0.4) is 0 Å². The Balaban J connectivity index is 1.57. The predicted molar refractivity (Wildman–Crippen MR) is 75.8 cm³/mol. The van der Waals surface area contributed by atoms with Gasteiger partial charge in [-0.1, -0.05) is 37.3 Å². The van der Waals surface area contributed by atoms with Crippen LogP contribution in [0.15, 0.2) is 30.3 Å². The molecule has 1 aromatic carbocycles. The van der Waals surface area contributed by atoms with Crippen molar-refractivity contribution < 1.29 is 0 Å². The fourth-order valence-corrected chi connectivity index (χ4v) is 3.56. The summed E-state index contributed by atoms with van der Waals surface area (Å²) in [6, 6.07) is 11.7. The molecule has 2 saturated heterocycles. The third-order valence-corrected chi connectivity index (χ3v) is 4.58. The van der Waals surface area contributed by atoms with Gasteiger partial charge < -0.3 is 10.2 Å². The minimum Gasteiger partial charge on any atom is -0.312 e. The van der Waals surface area contributed by atoms with Gasteiger partial charge in [0.05, 0.1) is 0 Å². The highest BCUT2D eigenvalue weighted by atomic mass is 15.2. The molecule has 98 valence electrons. The lowest BCUT2D eigenvalue weighted by molar-refractivity contribution is 0.305. The van der Waals surface area contributed by atoms with Crippen LogP contribution >= 0.6 is 0 Å². The summed E-state index contributed by atoms with van der Waals surface area (Å²) in [5.41, 5.74) is 1.47. The number of benzene rings is 1. The summed E-state index contributed by atoms with van der Waals surface area (Å²) in [6.07, 6.45) is 2.79. The Bertz CT molecular complexity index is 362. The summed E-state index contributed by atoms with van der Waals surface area (Å²) >= 11 is 0. The molecule has 0 spiro atoms. The monoisotopic (exact) mass is 244 g/mol. The van der Waals surface area contributed by atoms with E-state index in [1.165, 1.54) is 44.6 Å². The minimum atomic E-state index is 0.645. The van der Waals surface area contributed by atoms with Gasteiger partial charge in [0.2, 0.25) is 0 Å². The second-order valence-corrected chi connectivity index (χ2v) is 5.99. The van der Waals surface area contributed by atoms with E-state index >= 15 is 0 Å². The highest BCUT2D eigenvalue weighted by molar-refractivity contribution is 5.19. The molecule has 0 amide bonds. The van der Waals surface area contributed by atoms with Crippen molar-refractivity contribution in [2.24, 2.45) is 5.92 Å². The fourth-order valence-electron chi connectivity index (χ4n) is 3.56. The predicted octanol–water partition coefficient (Wildman–Crippen LogP) is 2.47. The van der Waals surface area contributed by atoms with Crippen molar-refractivity contribution in [1.29, 1.82) is 0 Å². The van der Waals surface area contributed by atoms with Crippen LogP contribution in [0.2, 0.25) is 0 Å². The van der Waals surface area contributed by atoms with E-state index in [-0.39, 0.29) is 0 Å². The van der Waals surface area contributed by atoms with Crippen LogP contribution < -0.4 is 5.32 Å². The molecular formula is C16H24N2. The van der Waals surface area contributed by atoms with Crippen molar-refractivity contribution in [3.05, 3.63) is 35.9 Å². The molecule has 0 aromatic heterocycles. The summed E-state index contributed by atoms with van der Waals surface area (Å²) in [6.45, 7) is 7.34. The van der Waals surface area contributed by atoms with Crippen molar-refractivity contribution in [3.63, 3.8) is 0 Å². The number of hydrogen-bond donors (Lipinski definition) is 1. The lowest BCUT2D eigenvalue weighted by Crippen LogP contribution is -2.40. The molecule has 2 aliphatic rings. The molecule has 3 rings (SSSR count). The van der Waals surface area contributed by atoms with Crippen LogP contribution in [0.25, 0.3) is 0 Å². The zero-order chi connectivity index (χ0) is 12.4. The van der Waals surface area contributed by atoms with E-state index in [4.69, 9.17) is 0 Å². The minimum absolute atomic E-state index is 0.645. The van der Waals surface area contributed by atoms with E-state index < -0.39 is 0 Å². The molecule has 0 radical (unpaired) electrons. The number of fused-ring (bicyclic) bond motifs is 1. The molecule has 1 aromatic rings. The Kier molecular flexibility index (Phi) is 3.67. The van der Waals surface area contributed by atoms with E-state index in [0.717, 1.165) is 12.0 Å². The third-order valence-electron chi connectivity index (χ3n) is 4.58. The smallest absolute Gasteiger partial charge is 0.0235 e. The number of hydrogen-bond acceptors (Lipinski definition) is 2. The molecule has 0 aliphatic carbocycles. The van der Waals surface area contributed by atoms with Crippen LogP contribution in [0, 0.1) is 5.92 Å². The second kappa shape index (κ2) is 5.41. The Morgan fingerprint density at radius 1 is 1.28 bits per heavy atom. The molecule has 3 unspecified atom stereocenters. The van der Waals surface area contributed by atoms with Gasteiger partial charge in [-0.05, 0) is 36.8 Å². The summed E-state index contributed by atoms with van der Waals surface area (Å²) in [4.78, 5) is 2.66. The van der Waals surface area contributed by atoms with E-state index in [1.807, 2.05) is 0 Å². The van der Waals surface area contributed by atoms with Crippen LogP contribution in [0.5, 0.6) is 0 Å². The fraction of sp³-hybridized carbons (Fsp3) is 0.625. The first kappa shape index (κ1) is 12.2. The average Bonchev–Trinajstić information content (AvgIpc) is 2.82. The first-order valence-corrected chi connectivity index (χ1v) is 7.33. The summed E-state index contributed by atoms with van der Waals surface area (Å²) < 4.78 is 0. The third kappa shape index (κ3) is 2.60. The average molecular weight is 244 g/mol. The van der Waals surface area contributed by atoms with Crippen molar-refractivity contribution in [2.75, 3.05) is 26.2 Å². The van der Waals surface area contributed by atoms with Crippen molar-refractivity contribution in [1.82, 2.24) is 10.2 Å². The topological polar surface area (TPSA) is 15.3 Å².